The van der Waals surface area contributed by atoms with Crippen molar-refractivity contribution in [3.63, 3.8) is 0 Å². The molecule has 4 rings (SSSR count). The first kappa shape index (κ1) is 19.0. The molecule has 0 amide bonds. The molecule has 1 fully saturated rings. The minimum absolute atomic E-state index is 0.168. The number of nitrogens with one attached hydrogen (secondary N) is 1. The summed E-state index contributed by atoms with van der Waals surface area (Å²) in [6.45, 7) is 2.22. The van der Waals surface area contributed by atoms with Crippen molar-refractivity contribution < 1.29 is 39.6 Å². The number of fused-ring (bicyclic) bond motifs is 3. The molecule has 4 heterocycles. The van der Waals surface area contributed by atoms with Crippen LogP contribution >= 0.6 is 0 Å². The van der Waals surface area contributed by atoms with E-state index >= 15 is 0 Å². The molecule has 2 aliphatic rings. The summed E-state index contributed by atoms with van der Waals surface area (Å²) < 4.78 is 8.42. The Morgan fingerprint density at radius 3 is 2.75 bits per heavy atom. The van der Waals surface area contributed by atoms with Crippen molar-refractivity contribution in [2.75, 3.05) is 11.9 Å². The molecule has 2 aromatic heterocycles. The average Bonchev–Trinajstić information content (AvgIpc) is 3.23. The highest BCUT2D eigenvalue weighted by molar-refractivity contribution is 5.88. The number of aromatic nitrogens is 4. The summed E-state index contributed by atoms with van der Waals surface area (Å²) in [5.74, 6) is -1.18. The van der Waals surface area contributed by atoms with Crippen LogP contribution in [0.15, 0.2) is 12.7 Å². The van der Waals surface area contributed by atoms with Crippen LogP contribution in [0.4, 0.5) is 5.82 Å². The first-order chi connectivity index (χ1) is 13.1. The first-order valence-corrected chi connectivity index (χ1v) is 8.75. The molecule has 12 nitrogen and oxygen atoms in total. The molecular formula is C16H22N5O7+. The zero-order valence-corrected chi connectivity index (χ0v) is 15.2. The fourth-order valence-corrected chi connectivity index (χ4v) is 3.82. The maximum Gasteiger partial charge on any atom is 0.346 e. The third-order valence-corrected chi connectivity index (χ3v) is 5.60. The molecule has 28 heavy (non-hydrogen) atoms. The number of carboxylic acid groups (broad SMARTS) is 1. The van der Waals surface area contributed by atoms with E-state index in [1.807, 2.05) is 0 Å². The van der Waals surface area contributed by atoms with Crippen LogP contribution in [0.25, 0.3) is 11.2 Å². The highest BCUT2D eigenvalue weighted by atomic mass is 16.5. The summed E-state index contributed by atoms with van der Waals surface area (Å²) in [4.78, 5) is 20.3. The molecule has 0 unspecified atom stereocenters. The number of aliphatic carboxylic acids is 1. The largest absolute Gasteiger partial charge is 0.478 e. The van der Waals surface area contributed by atoms with Gasteiger partial charge in [0, 0.05) is 13.3 Å². The second-order valence-electron chi connectivity index (χ2n) is 7.53. The summed E-state index contributed by atoms with van der Waals surface area (Å²) in [6.07, 6.45) is -0.942. The molecule has 6 atom stereocenters. The lowest BCUT2D eigenvalue weighted by Crippen LogP contribution is -2.75. The lowest BCUT2D eigenvalue weighted by Gasteiger charge is -2.41. The molecular weight excluding hydrogens is 374 g/mol. The van der Waals surface area contributed by atoms with Gasteiger partial charge in [0.2, 0.25) is 23.2 Å². The van der Waals surface area contributed by atoms with Crippen LogP contribution in [-0.4, -0.2) is 76.5 Å². The van der Waals surface area contributed by atoms with E-state index in [1.165, 1.54) is 31.1 Å². The normalized spacial score (nSPS) is 37.6. The second kappa shape index (κ2) is 6.06. The third kappa shape index (κ3) is 2.42. The fourth-order valence-electron chi connectivity index (χ4n) is 3.82. The van der Waals surface area contributed by atoms with Crippen molar-refractivity contribution in [1.82, 2.24) is 14.5 Å². The van der Waals surface area contributed by atoms with Crippen molar-refractivity contribution in [1.29, 1.82) is 0 Å². The van der Waals surface area contributed by atoms with Crippen molar-refractivity contribution in [3.05, 3.63) is 12.7 Å². The summed E-state index contributed by atoms with van der Waals surface area (Å²) >= 11 is 0. The number of rotatable bonds is 3. The van der Waals surface area contributed by atoms with E-state index in [1.54, 1.807) is 4.57 Å². The second-order valence-corrected chi connectivity index (χ2v) is 7.53. The van der Waals surface area contributed by atoms with Gasteiger partial charge in [-0.25, -0.2) is 14.3 Å². The van der Waals surface area contributed by atoms with Gasteiger partial charge >= 0.3 is 5.97 Å². The van der Waals surface area contributed by atoms with Gasteiger partial charge in [0.1, 0.15) is 18.7 Å². The number of carboxylic acids is 1. The zero-order chi connectivity index (χ0) is 20.4. The predicted molar refractivity (Wildman–Crippen MR) is 90.9 cm³/mol. The first-order valence-electron chi connectivity index (χ1n) is 8.75. The maximum atomic E-state index is 11.8. The van der Waals surface area contributed by atoms with Gasteiger partial charge < -0.3 is 30.3 Å². The van der Waals surface area contributed by atoms with E-state index in [0.717, 1.165) is 0 Å². The Bertz CT molecular complexity index is 947. The smallest absolute Gasteiger partial charge is 0.346 e. The van der Waals surface area contributed by atoms with E-state index in [0.29, 0.717) is 5.65 Å². The number of hydrogen-bond acceptors (Lipinski definition) is 9. The molecule has 2 aromatic rings. The number of aliphatic hydroxyl groups excluding tert-OH is 3. The van der Waals surface area contributed by atoms with Crippen molar-refractivity contribution in [2.45, 2.75) is 56.1 Å². The van der Waals surface area contributed by atoms with Gasteiger partial charge in [0.05, 0.1) is 12.7 Å². The SMILES string of the molecule is C[C@]1(C(=O)O)Nc2c3ncn([C@H]4C[C@H](O)[C@@H](CO)O4)c3nc[n+]2[C@](C)(O)[C@H]1O. The Kier molecular flexibility index (Phi) is 4.10. The monoisotopic (exact) mass is 396 g/mol. The number of imidazole rings is 1. The molecule has 0 aliphatic carbocycles. The number of hydrogen-bond donors (Lipinski definition) is 6. The Morgan fingerprint density at radius 1 is 1.43 bits per heavy atom. The van der Waals surface area contributed by atoms with Gasteiger partial charge in [0.25, 0.3) is 5.82 Å². The number of anilines is 1. The number of ether oxygens (including phenoxy) is 1. The molecule has 0 aromatic carbocycles. The van der Waals surface area contributed by atoms with Crippen LogP contribution in [0.1, 0.15) is 26.5 Å². The molecule has 152 valence electrons. The zero-order valence-electron chi connectivity index (χ0n) is 15.2. The van der Waals surface area contributed by atoms with Crippen molar-refractivity contribution >= 4 is 23.0 Å². The summed E-state index contributed by atoms with van der Waals surface area (Å²) in [6, 6.07) is 0. The Labute approximate surface area is 158 Å². The minimum Gasteiger partial charge on any atom is -0.478 e. The number of carbonyl (C=O) groups is 1. The quantitative estimate of drug-likeness (QED) is 0.308. The van der Waals surface area contributed by atoms with Crippen LogP contribution in [0.5, 0.6) is 0 Å². The van der Waals surface area contributed by atoms with Crippen LogP contribution in [0, 0.1) is 0 Å². The predicted octanol–water partition coefficient (Wildman–Crippen LogP) is -2.35. The Morgan fingerprint density at radius 2 is 2.14 bits per heavy atom. The molecule has 0 bridgehead atoms. The summed E-state index contributed by atoms with van der Waals surface area (Å²) in [5.41, 5.74) is -3.24. The van der Waals surface area contributed by atoms with E-state index in [-0.39, 0.29) is 24.4 Å². The minimum atomic E-state index is -1.96. The van der Waals surface area contributed by atoms with Crippen LogP contribution in [-0.2, 0) is 15.3 Å². The topological polar surface area (TPSA) is 174 Å². The van der Waals surface area contributed by atoms with Crippen molar-refractivity contribution in [2.24, 2.45) is 0 Å². The molecule has 0 spiro atoms. The third-order valence-electron chi connectivity index (χ3n) is 5.60. The van der Waals surface area contributed by atoms with E-state index in [9.17, 15) is 30.3 Å². The van der Waals surface area contributed by atoms with Crippen molar-refractivity contribution in [3.8, 4) is 0 Å². The summed E-state index contributed by atoms with van der Waals surface area (Å²) in [7, 11) is 0. The average molecular weight is 396 g/mol. The Hall–Kier alpha value is -2.38. The van der Waals surface area contributed by atoms with Gasteiger partial charge in [-0.3, -0.25) is 9.88 Å². The molecule has 0 saturated carbocycles. The van der Waals surface area contributed by atoms with Gasteiger partial charge in [-0.2, -0.15) is 0 Å². The highest BCUT2D eigenvalue weighted by Crippen LogP contribution is 2.35. The van der Waals surface area contributed by atoms with Crippen LogP contribution < -0.4 is 9.88 Å². The highest BCUT2D eigenvalue weighted by Gasteiger charge is 2.59. The number of nitrogens with zero attached hydrogens (tertiary/aromatic N) is 4. The fraction of sp³-hybridized carbons (Fsp3) is 0.625. The maximum absolute atomic E-state index is 11.8. The van der Waals surface area contributed by atoms with E-state index in [2.05, 4.69) is 15.3 Å². The molecule has 0 radical (unpaired) electrons. The molecule has 1 saturated heterocycles. The Balaban J connectivity index is 1.84. The summed E-state index contributed by atoms with van der Waals surface area (Å²) in [5, 5.41) is 52.9. The lowest BCUT2D eigenvalue weighted by atomic mass is 9.85. The van der Waals surface area contributed by atoms with Gasteiger partial charge in [-0.1, -0.05) is 4.98 Å². The van der Waals surface area contributed by atoms with Gasteiger partial charge in [-0.15, -0.1) is 0 Å². The molecule has 2 aliphatic heterocycles. The molecule has 6 N–H and O–H groups in total. The molecule has 12 heteroatoms. The van der Waals surface area contributed by atoms with E-state index < -0.39 is 41.8 Å². The number of aliphatic hydroxyl groups is 4. The standard InChI is InChI=1S/C16H21N5O7/c1-15(14(25)26)13(24)16(2,27)21-6-18-11-10(12(21)19-15)17-5-20(11)9-3-7(23)8(4-22)28-9/h5-9,13,22-24,27H,3-4H2,1-2H3,(H,25,26)/p+1/t7-,8+,9+,13-,15-,16+/m0/s1. The van der Waals surface area contributed by atoms with Gasteiger partial charge in [0.15, 0.2) is 11.6 Å². The van der Waals surface area contributed by atoms with Crippen LogP contribution in [0.3, 0.4) is 0 Å². The van der Waals surface area contributed by atoms with Gasteiger partial charge in [-0.05, 0) is 6.92 Å². The van der Waals surface area contributed by atoms with Crippen LogP contribution in [0.2, 0.25) is 0 Å². The lowest BCUT2D eigenvalue weighted by molar-refractivity contribution is -0.807. The van der Waals surface area contributed by atoms with E-state index in [4.69, 9.17) is 4.74 Å².